The molecule has 0 spiro atoms. The van der Waals surface area contributed by atoms with Crippen molar-refractivity contribution in [3.05, 3.63) is 29.8 Å². The van der Waals surface area contributed by atoms with Gasteiger partial charge in [0.25, 0.3) is 0 Å². The van der Waals surface area contributed by atoms with Crippen LogP contribution in [-0.4, -0.2) is 12.2 Å². The SMILES string of the molecule is Cc1ccc(OP2(=O)O[C@H](C)C[C@H](C)O2)cc1. The molecule has 4 nitrogen and oxygen atoms in total. The van der Waals surface area contributed by atoms with Crippen LogP contribution in [0.3, 0.4) is 0 Å². The molecular formula is C12H17O4P. The van der Waals surface area contributed by atoms with E-state index in [9.17, 15) is 4.57 Å². The molecule has 0 aliphatic carbocycles. The minimum Gasteiger partial charge on any atom is -0.404 e. The van der Waals surface area contributed by atoms with Gasteiger partial charge in [0.2, 0.25) is 0 Å². The number of phosphoric ester groups is 1. The van der Waals surface area contributed by atoms with Gasteiger partial charge in [-0.2, -0.15) is 0 Å². The monoisotopic (exact) mass is 256 g/mol. The lowest BCUT2D eigenvalue weighted by Gasteiger charge is -2.30. The first kappa shape index (κ1) is 12.6. The Morgan fingerprint density at radius 3 is 2.24 bits per heavy atom. The Bertz CT molecular complexity index is 415. The summed E-state index contributed by atoms with van der Waals surface area (Å²) in [7, 11) is -3.46. The molecule has 0 radical (unpaired) electrons. The maximum Gasteiger partial charge on any atom is 0.530 e. The number of aryl methyl sites for hydroxylation is 1. The molecule has 1 saturated heterocycles. The highest BCUT2D eigenvalue weighted by molar-refractivity contribution is 7.49. The fraction of sp³-hybridized carbons (Fsp3) is 0.500. The van der Waals surface area contributed by atoms with E-state index in [4.69, 9.17) is 13.6 Å². The van der Waals surface area contributed by atoms with E-state index in [1.54, 1.807) is 12.1 Å². The second-order valence-corrected chi connectivity index (χ2v) is 5.92. The van der Waals surface area contributed by atoms with Crippen LogP contribution in [0.1, 0.15) is 25.8 Å². The lowest BCUT2D eigenvalue weighted by atomic mass is 10.2. The largest absolute Gasteiger partial charge is 0.530 e. The van der Waals surface area contributed by atoms with Crippen molar-refractivity contribution >= 4 is 7.82 Å². The van der Waals surface area contributed by atoms with Crippen molar-refractivity contribution in [3.8, 4) is 5.75 Å². The summed E-state index contributed by atoms with van der Waals surface area (Å²) >= 11 is 0. The molecule has 5 heteroatoms. The van der Waals surface area contributed by atoms with Gasteiger partial charge in [-0.1, -0.05) is 17.7 Å². The zero-order chi connectivity index (χ0) is 12.5. The predicted octanol–water partition coefficient (Wildman–Crippen LogP) is 3.70. The fourth-order valence-electron chi connectivity index (χ4n) is 1.79. The molecule has 0 saturated carbocycles. The van der Waals surface area contributed by atoms with Gasteiger partial charge in [0.15, 0.2) is 0 Å². The van der Waals surface area contributed by atoms with Crippen LogP contribution in [0, 0.1) is 6.92 Å². The summed E-state index contributed by atoms with van der Waals surface area (Å²) in [6.07, 6.45) is 0.492. The first-order chi connectivity index (χ1) is 7.97. The summed E-state index contributed by atoms with van der Waals surface area (Å²) in [6.45, 7) is 5.71. The Balaban J connectivity index is 2.11. The van der Waals surface area contributed by atoms with E-state index in [-0.39, 0.29) is 12.2 Å². The summed E-state index contributed by atoms with van der Waals surface area (Å²) in [4.78, 5) is 0. The lowest BCUT2D eigenvalue weighted by molar-refractivity contribution is 0.0217. The van der Waals surface area contributed by atoms with Crippen LogP contribution in [0.5, 0.6) is 5.75 Å². The van der Waals surface area contributed by atoms with Gasteiger partial charge in [-0.3, -0.25) is 9.05 Å². The van der Waals surface area contributed by atoms with E-state index in [1.807, 2.05) is 32.9 Å². The summed E-state index contributed by atoms with van der Waals surface area (Å²) in [6, 6.07) is 7.29. The van der Waals surface area contributed by atoms with E-state index >= 15 is 0 Å². The van der Waals surface area contributed by atoms with Gasteiger partial charge in [0.1, 0.15) is 5.75 Å². The van der Waals surface area contributed by atoms with Gasteiger partial charge in [0.05, 0.1) is 12.2 Å². The van der Waals surface area contributed by atoms with Crippen molar-refractivity contribution in [2.45, 2.75) is 39.4 Å². The topological polar surface area (TPSA) is 44.8 Å². The van der Waals surface area contributed by atoms with Crippen LogP contribution in [-0.2, 0) is 13.6 Å². The highest BCUT2D eigenvalue weighted by atomic mass is 31.2. The summed E-state index contributed by atoms with van der Waals surface area (Å²) in [5.74, 6) is 0.500. The van der Waals surface area contributed by atoms with Crippen LogP contribution >= 0.6 is 7.82 Å². The molecule has 1 heterocycles. The van der Waals surface area contributed by atoms with Gasteiger partial charge in [0, 0.05) is 6.42 Å². The second kappa shape index (κ2) is 4.81. The third-order valence-electron chi connectivity index (χ3n) is 2.52. The number of phosphoric acid groups is 1. The molecule has 1 fully saturated rings. The molecule has 1 aliphatic rings. The van der Waals surface area contributed by atoms with Gasteiger partial charge in [-0.25, -0.2) is 4.57 Å². The van der Waals surface area contributed by atoms with Gasteiger partial charge < -0.3 is 4.52 Å². The Labute approximate surface area is 102 Å². The lowest BCUT2D eigenvalue weighted by Crippen LogP contribution is -2.25. The van der Waals surface area contributed by atoms with Crippen LogP contribution in [0.2, 0.25) is 0 Å². The Morgan fingerprint density at radius 1 is 1.18 bits per heavy atom. The highest BCUT2D eigenvalue weighted by Crippen LogP contribution is 2.54. The zero-order valence-electron chi connectivity index (χ0n) is 10.3. The molecule has 1 unspecified atom stereocenters. The fourth-order valence-corrected chi connectivity index (χ4v) is 3.36. The molecule has 17 heavy (non-hydrogen) atoms. The van der Waals surface area contributed by atoms with E-state index in [0.717, 1.165) is 12.0 Å². The molecule has 0 aromatic heterocycles. The van der Waals surface area contributed by atoms with E-state index < -0.39 is 7.82 Å². The van der Waals surface area contributed by atoms with Crippen LogP contribution in [0.25, 0.3) is 0 Å². The summed E-state index contributed by atoms with van der Waals surface area (Å²) < 4.78 is 28.2. The molecule has 94 valence electrons. The molecule has 1 aromatic carbocycles. The van der Waals surface area contributed by atoms with E-state index in [0.29, 0.717) is 5.75 Å². The summed E-state index contributed by atoms with van der Waals surface area (Å²) in [5.41, 5.74) is 1.11. The van der Waals surface area contributed by atoms with Crippen molar-refractivity contribution in [3.63, 3.8) is 0 Å². The summed E-state index contributed by atoms with van der Waals surface area (Å²) in [5, 5.41) is 0. The Morgan fingerprint density at radius 2 is 1.71 bits per heavy atom. The minimum absolute atomic E-state index is 0.116. The van der Waals surface area contributed by atoms with Crippen LogP contribution < -0.4 is 4.52 Å². The van der Waals surface area contributed by atoms with Crippen molar-refractivity contribution in [2.24, 2.45) is 0 Å². The third-order valence-corrected chi connectivity index (χ3v) is 4.19. The molecule has 2 rings (SSSR count). The van der Waals surface area contributed by atoms with Crippen LogP contribution in [0.4, 0.5) is 0 Å². The van der Waals surface area contributed by atoms with Gasteiger partial charge in [-0.05, 0) is 32.9 Å². The Hall–Kier alpha value is -0.830. The van der Waals surface area contributed by atoms with Crippen LogP contribution in [0.15, 0.2) is 24.3 Å². The average molecular weight is 256 g/mol. The Kier molecular flexibility index (Phi) is 3.57. The smallest absolute Gasteiger partial charge is 0.404 e. The standard InChI is InChI=1S/C12H17O4P/c1-9-4-6-12(7-5-9)16-17(13)14-10(2)8-11(3)15-17/h4-7,10-11H,8H2,1-3H3/t10-,11+,17?. The first-order valence-electron chi connectivity index (χ1n) is 5.70. The first-order valence-corrected chi connectivity index (χ1v) is 7.16. The van der Waals surface area contributed by atoms with E-state index in [1.165, 1.54) is 0 Å². The van der Waals surface area contributed by atoms with Crippen molar-refractivity contribution < 1.29 is 18.1 Å². The normalized spacial score (nSPS) is 33.4. The molecule has 0 amide bonds. The second-order valence-electron chi connectivity index (χ2n) is 4.42. The minimum atomic E-state index is -3.46. The average Bonchev–Trinajstić information content (AvgIpc) is 2.19. The highest BCUT2D eigenvalue weighted by Gasteiger charge is 2.38. The molecule has 0 N–H and O–H groups in total. The van der Waals surface area contributed by atoms with Gasteiger partial charge >= 0.3 is 7.82 Å². The van der Waals surface area contributed by atoms with Crippen molar-refractivity contribution in [1.82, 2.24) is 0 Å². The van der Waals surface area contributed by atoms with Crippen molar-refractivity contribution in [1.29, 1.82) is 0 Å². The zero-order valence-corrected chi connectivity index (χ0v) is 11.1. The van der Waals surface area contributed by atoms with Crippen molar-refractivity contribution in [2.75, 3.05) is 0 Å². The number of hydrogen-bond acceptors (Lipinski definition) is 4. The number of rotatable bonds is 2. The maximum atomic E-state index is 12.2. The quantitative estimate of drug-likeness (QED) is 0.757. The number of benzene rings is 1. The predicted molar refractivity (Wildman–Crippen MR) is 65.1 cm³/mol. The van der Waals surface area contributed by atoms with E-state index in [2.05, 4.69) is 0 Å². The number of hydrogen-bond donors (Lipinski definition) is 0. The molecule has 1 aliphatic heterocycles. The molecular weight excluding hydrogens is 239 g/mol. The third kappa shape index (κ3) is 3.32. The molecule has 1 aromatic rings. The van der Waals surface area contributed by atoms with Gasteiger partial charge in [-0.15, -0.1) is 0 Å². The maximum absolute atomic E-state index is 12.2. The molecule has 0 bridgehead atoms. The molecule has 3 atom stereocenters.